The molecule has 0 bridgehead atoms. The maximum absolute atomic E-state index is 13.4. The number of rotatable bonds is 7. The number of carbonyl (C=O) groups excluding carboxylic acids is 1. The van der Waals surface area contributed by atoms with E-state index in [2.05, 4.69) is 16.0 Å². The van der Waals surface area contributed by atoms with Crippen molar-refractivity contribution < 1.29 is 18.0 Å². The van der Waals surface area contributed by atoms with E-state index in [1.807, 2.05) is 61.5 Å². The Morgan fingerprint density at radius 1 is 0.846 bits per heavy atom. The van der Waals surface area contributed by atoms with Crippen LogP contribution in [-0.4, -0.2) is 11.0 Å². The van der Waals surface area contributed by atoms with E-state index in [4.69, 9.17) is 23.8 Å². The molecule has 0 aromatic heterocycles. The Hall–Kier alpha value is -3.53. The normalized spacial score (nSPS) is 11.9. The summed E-state index contributed by atoms with van der Waals surface area (Å²) in [6, 6.07) is 26.9. The Morgan fingerprint density at radius 3 is 2.23 bits per heavy atom. The zero-order valence-corrected chi connectivity index (χ0v) is 22.9. The molecule has 0 heterocycles. The van der Waals surface area contributed by atoms with Crippen molar-refractivity contribution in [1.29, 1.82) is 0 Å². The summed E-state index contributed by atoms with van der Waals surface area (Å²) in [4.78, 5) is 14.1. The van der Waals surface area contributed by atoms with Gasteiger partial charge in [0.15, 0.2) is 5.11 Å². The molecule has 1 amide bonds. The van der Waals surface area contributed by atoms with Gasteiger partial charge in [0.1, 0.15) is 5.25 Å². The first-order chi connectivity index (χ1) is 18.6. The van der Waals surface area contributed by atoms with Crippen molar-refractivity contribution in [2.24, 2.45) is 0 Å². The first-order valence-electron chi connectivity index (χ1n) is 11.7. The summed E-state index contributed by atoms with van der Waals surface area (Å²) in [5.41, 5.74) is 2.35. The van der Waals surface area contributed by atoms with Crippen LogP contribution in [0.15, 0.2) is 102 Å². The predicted octanol–water partition coefficient (Wildman–Crippen LogP) is 8.95. The lowest BCUT2D eigenvalue weighted by molar-refractivity contribution is -0.137. The molecular weight excluding hydrogens is 563 g/mol. The summed E-state index contributed by atoms with van der Waals surface area (Å²) in [6.07, 6.45) is -4.57. The summed E-state index contributed by atoms with van der Waals surface area (Å²) < 4.78 is 39.7. The van der Waals surface area contributed by atoms with Crippen molar-refractivity contribution in [2.45, 2.75) is 23.2 Å². The number of halogens is 4. The lowest BCUT2D eigenvalue weighted by Crippen LogP contribution is -2.20. The van der Waals surface area contributed by atoms with Gasteiger partial charge in [-0.1, -0.05) is 65.7 Å². The summed E-state index contributed by atoms with van der Waals surface area (Å²) >= 11 is 12.8. The molecule has 0 spiro atoms. The average molecular weight is 586 g/mol. The van der Waals surface area contributed by atoms with Crippen LogP contribution in [0.1, 0.15) is 21.9 Å². The van der Waals surface area contributed by atoms with Crippen molar-refractivity contribution in [3.8, 4) is 0 Å². The highest BCUT2D eigenvalue weighted by molar-refractivity contribution is 8.00. The molecule has 0 aliphatic carbocycles. The molecule has 200 valence electrons. The Morgan fingerprint density at radius 2 is 1.54 bits per heavy atom. The third kappa shape index (κ3) is 7.98. The first-order valence-corrected chi connectivity index (χ1v) is 13.4. The molecule has 0 aliphatic heterocycles. The van der Waals surface area contributed by atoms with Gasteiger partial charge in [0, 0.05) is 16.3 Å². The molecule has 10 heteroatoms. The van der Waals surface area contributed by atoms with Crippen LogP contribution in [0, 0.1) is 6.92 Å². The van der Waals surface area contributed by atoms with Crippen LogP contribution in [0.2, 0.25) is 5.02 Å². The van der Waals surface area contributed by atoms with Crippen LogP contribution >= 0.6 is 35.6 Å². The van der Waals surface area contributed by atoms with Gasteiger partial charge in [-0.15, -0.1) is 11.8 Å². The molecule has 0 fully saturated rings. The standard InChI is InChI=1S/C29H23ClF3N3OS2/c1-18-10-13-21(14-11-18)34-28(38)35-22-8-5-9-23(17-22)39-26(19-6-3-2-4-7-19)27(37)36-25-16-20(29(31,32)33)12-15-24(25)30/h2-17,26H,1H3,(H,36,37)(H2,34,35,38). The number of thioether (sulfide) groups is 1. The van der Waals surface area contributed by atoms with Crippen molar-refractivity contribution >= 4 is 63.7 Å². The van der Waals surface area contributed by atoms with E-state index in [1.165, 1.54) is 11.8 Å². The second kappa shape index (κ2) is 12.5. The van der Waals surface area contributed by atoms with Crippen LogP contribution in [0.25, 0.3) is 0 Å². The molecule has 4 aromatic carbocycles. The molecule has 0 saturated heterocycles. The van der Waals surface area contributed by atoms with Gasteiger partial charge in [0.2, 0.25) is 5.91 Å². The van der Waals surface area contributed by atoms with Gasteiger partial charge in [-0.25, -0.2) is 0 Å². The number of thiocarbonyl (C=S) groups is 1. The van der Waals surface area contributed by atoms with Gasteiger partial charge in [-0.05, 0) is 73.2 Å². The van der Waals surface area contributed by atoms with Gasteiger partial charge in [0.05, 0.1) is 16.3 Å². The third-order valence-corrected chi connectivity index (χ3v) is 7.33. The predicted molar refractivity (Wildman–Crippen MR) is 158 cm³/mol. The van der Waals surface area contributed by atoms with Gasteiger partial charge in [-0.3, -0.25) is 4.79 Å². The third-order valence-electron chi connectivity index (χ3n) is 5.55. The number of benzene rings is 4. The Bertz CT molecular complexity index is 1470. The molecule has 39 heavy (non-hydrogen) atoms. The van der Waals surface area contributed by atoms with E-state index in [9.17, 15) is 18.0 Å². The number of anilines is 3. The molecule has 4 rings (SSSR count). The summed E-state index contributed by atoms with van der Waals surface area (Å²) in [6.45, 7) is 2.00. The van der Waals surface area contributed by atoms with Crippen molar-refractivity contribution in [2.75, 3.05) is 16.0 Å². The maximum Gasteiger partial charge on any atom is 0.416 e. The van der Waals surface area contributed by atoms with Crippen LogP contribution in [-0.2, 0) is 11.0 Å². The van der Waals surface area contributed by atoms with E-state index in [0.29, 0.717) is 16.4 Å². The van der Waals surface area contributed by atoms with Gasteiger partial charge in [0.25, 0.3) is 0 Å². The Labute approximate surface area is 239 Å². The van der Waals surface area contributed by atoms with E-state index in [1.54, 1.807) is 24.3 Å². The highest BCUT2D eigenvalue weighted by Crippen LogP contribution is 2.39. The minimum Gasteiger partial charge on any atom is -0.332 e. The van der Waals surface area contributed by atoms with Gasteiger partial charge >= 0.3 is 6.18 Å². The highest BCUT2D eigenvalue weighted by Gasteiger charge is 2.31. The van der Waals surface area contributed by atoms with Crippen LogP contribution < -0.4 is 16.0 Å². The Balaban J connectivity index is 1.53. The SMILES string of the molecule is Cc1ccc(NC(=S)Nc2cccc(SC(C(=O)Nc3cc(C(F)(F)F)ccc3Cl)c3ccccc3)c2)cc1. The quantitative estimate of drug-likeness (QED) is 0.149. The van der Waals surface area contributed by atoms with E-state index >= 15 is 0 Å². The topological polar surface area (TPSA) is 53.2 Å². The zero-order valence-electron chi connectivity index (χ0n) is 20.6. The zero-order chi connectivity index (χ0) is 28.0. The summed E-state index contributed by atoms with van der Waals surface area (Å²) in [5.74, 6) is -0.512. The minimum absolute atomic E-state index is 0.00829. The molecule has 0 saturated carbocycles. The number of nitrogens with one attached hydrogen (secondary N) is 3. The molecular formula is C29H23ClF3N3OS2. The lowest BCUT2D eigenvalue weighted by atomic mass is 10.1. The fourth-order valence-corrected chi connectivity index (χ4v) is 5.09. The van der Waals surface area contributed by atoms with E-state index in [-0.39, 0.29) is 10.7 Å². The van der Waals surface area contributed by atoms with Crippen molar-refractivity contribution in [3.05, 3.63) is 119 Å². The van der Waals surface area contributed by atoms with Crippen molar-refractivity contribution in [1.82, 2.24) is 0 Å². The molecule has 0 aliphatic rings. The second-order valence-corrected chi connectivity index (χ2v) is 10.6. The molecule has 0 radical (unpaired) electrons. The van der Waals surface area contributed by atoms with E-state index < -0.39 is 22.9 Å². The van der Waals surface area contributed by atoms with Gasteiger partial charge < -0.3 is 16.0 Å². The summed E-state index contributed by atoms with van der Waals surface area (Å²) in [7, 11) is 0. The van der Waals surface area contributed by atoms with Crippen molar-refractivity contribution in [3.63, 3.8) is 0 Å². The smallest absolute Gasteiger partial charge is 0.332 e. The first kappa shape index (κ1) is 28.5. The Kier molecular flexibility index (Phi) is 9.16. The fraction of sp³-hybridized carbons (Fsp3) is 0.103. The average Bonchev–Trinajstić information content (AvgIpc) is 2.90. The largest absolute Gasteiger partial charge is 0.416 e. The number of carbonyl (C=O) groups is 1. The molecule has 1 unspecified atom stereocenters. The number of hydrogen-bond acceptors (Lipinski definition) is 3. The van der Waals surface area contributed by atoms with Crippen LogP contribution in [0.5, 0.6) is 0 Å². The number of hydrogen-bond donors (Lipinski definition) is 3. The molecule has 4 nitrogen and oxygen atoms in total. The van der Waals surface area contributed by atoms with E-state index in [0.717, 1.165) is 34.3 Å². The second-order valence-electron chi connectivity index (χ2n) is 8.56. The molecule has 4 aromatic rings. The number of amides is 1. The van der Waals surface area contributed by atoms with Crippen LogP contribution in [0.4, 0.5) is 30.2 Å². The highest BCUT2D eigenvalue weighted by atomic mass is 35.5. The maximum atomic E-state index is 13.4. The molecule has 1 atom stereocenters. The number of alkyl halides is 3. The molecule has 3 N–H and O–H groups in total. The van der Waals surface area contributed by atoms with Gasteiger partial charge in [-0.2, -0.15) is 13.2 Å². The van der Waals surface area contributed by atoms with Crippen LogP contribution in [0.3, 0.4) is 0 Å². The fourth-order valence-electron chi connectivity index (χ4n) is 3.61. The minimum atomic E-state index is -4.57. The number of aryl methyl sites for hydroxylation is 1. The lowest BCUT2D eigenvalue weighted by Gasteiger charge is -2.19. The summed E-state index contributed by atoms with van der Waals surface area (Å²) in [5, 5.41) is 8.48. The monoisotopic (exact) mass is 585 g/mol.